The van der Waals surface area contributed by atoms with E-state index in [0.717, 1.165) is 41.7 Å². The first-order chi connectivity index (χ1) is 14.8. The second-order valence-corrected chi connectivity index (χ2v) is 10.1. The van der Waals surface area contributed by atoms with Gasteiger partial charge in [0.2, 0.25) is 0 Å². The highest BCUT2D eigenvalue weighted by molar-refractivity contribution is 7.15. The van der Waals surface area contributed by atoms with E-state index in [9.17, 15) is 4.79 Å². The smallest absolute Gasteiger partial charge is 0.274 e. The Morgan fingerprint density at radius 1 is 1.29 bits per heavy atom. The van der Waals surface area contributed by atoms with Crippen molar-refractivity contribution in [3.63, 3.8) is 0 Å². The molecule has 31 heavy (non-hydrogen) atoms. The SMILES string of the molecule is CCCN1c2cc(F)c(/C=c3/sc4nc5ccccc5n4c3=O)cc2C(C)CC1(C)C. The summed E-state index contributed by atoms with van der Waals surface area (Å²) in [6.45, 7) is 9.72. The van der Waals surface area contributed by atoms with Crippen LogP contribution in [0, 0.1) is 5.82 Å². The molecule has 0 spiro atoms. The topological polar surface area (TPSA) is 37.6 Å². The summed E-state index contributed by atoms with van der Waals surface area (Å²) >= 11 is 1.31. The number of hydrogen-bond acceptors (Lipinski definition) is 4. The van der Waals surface area contributed by atoms with Crippen molar-refractivity contribution in [1.82, 2.24) is 9.38 Å². The second kappa shape index (κ2) is 7.16. The van der Waals surface area contributed by atoms with E-state index in [-0.39, 0.29) is 16.9 Å². The molecule has 0 N–H and O–H groups in total. The van der Waals surface area contributed by atoms with Gasteiger partial charge in [-0.1, -0.05) is 37.3 Å². The summed E-state index contributed by atoms with van der Waals surface area (Å²) in [6.07, 6.45) is 3.70. The number of halogens is 1. The Kier molecular flexibility index (Phi) is 4.66. The van der Waals surface area contributed by atoms with E-state index in [4.69, 9.17) is 0 Å². The Morgan fingerprint density at radius 3 is 2.84 bits per heavy atom. The predicted molar refractivity (Wildman–Crippen MR) is 127 cm³/mol. The first kappa shape index (κ1) is 20.2. The molecule has 2 aromatic heterocycles. The van der Waals surface area contributed by atoms with Crippen LogP contribution in [0.4, 0.5) is 10.1 Å². The fourth-order valence-electron chi connectivity index (χ4n) is 5.03. The first-order valence-corrected chi connectivity index (χ1v) is 11.6. The Morgan fingerprint density at radius 2 is 2.06 bits per heavy atom. The number of thiazole rings is 1. The lowest BCUT2D eigenvalue weighted by Crippen LogP contribution is -2.48. The van der Waals surface area contributed by atoms with Gasteiger partial charge in [0, 0.05) is 23.3 Å². The molecule has 1 aliphatic heterocycles. The minimum atomic E-state index is -0.292. The van der Waals surface area contributed by atoms with Crippen LogP contribution in [0.15, 0.2) is 41.2 Å². The quantitative estimate of drug-likeness (QED) is 0.449. The van der Waals surface area contributed by atoms with Crippen LogP contribution in [0.3, 0.4) is 0 Å². The van der Waals surface area contributed by atoms with Gasteiger partial charge in [-0.25, -0.2) is 13.8 Å². The average Bonchev–Trinajstić information content (AvgIpc) is 3.22. The Balaban J connectivity index is 1.67. The van der Waals surface area contributed by atoms with E-state index in [2.05, 4.69) is 37.6 Å². The molecule has 2 aromatic carbocycles. The summed E-state index contributed by atoms with van der Waals surface area (Å²) in [5.74, 6) is 0.0298. The van der Waals surface area contributed by atoms with Crippen LogP contribution in [0.2, 0.25) is 0 Å². The summed E-state index contributed by atoms with van der Waals surface area (Å²) in [4.78, 5) is 20.6. The van der Waals surface area contributed by atoms with E-state index in [1.807, 2.05) is 30.3 Å². The van der Waals surface area contributed by atoms with Gasteiger partial charge in [0.25, 0.3) is 5.56 Å². The maximum absolute atomic E-state index is 15.2. The lowest BCUT2D eigenvalue weighted by Gasteiger charge is -2.47. The molecule has 1 atom stereocenters. The van der Waals surface area contributed by atoms with Crippen molar-refractivity contribution in [3.05, 3.63) is 68.2 Å². The average molecular weight is 436 g/mol. The molecule has 0 saturated carbocycles. The third-order valence-electron chi connectivity index (χ3n) is 6.38. The van der Waals surface area contributed by atoms with Crippen molar-refractivity contribution in [1.29, 1.82) is 0 Å². The van der Waals surface area contributed by atoms with E-state index in [0.29, 0.717) is 21.0 Å². The van der Waals surface area contributed by atoms with Gasteiger partial charge < -0.3 is 4.90 Å². The van der Waals surface area contributed by atoms with Gasteiger partial charge in [-0.05, 0) is 68.5 Å². The van der Waals surface area contributed by atoms with Gasteiger partial charge in [0.1, 0.15) is 5.82 Å². The van der Waals surface area contributed by atoms with Crippen LogP contribution in [-0.4, -0.2) is 21.5 Å². The number of aromatic nitrogens is 2. The lowest BCUT2D eigenvalue weighted by molar-refractivity contribution is 0.375. The van der Waals surface area contributed by atoms with Crippen LogP contribution >= 0.6 is 11.3 Å². The van der Waals surface area contributed by atoms with E-state index in [1.54, 1.807) is 16.5 Å². The number of fused-ring (bicyclic) bond motifs is 4. The molecule has 0 aliphatic carbocycles. The molecular weight excluding hydrogens is 409 g/mol. The molecule has 6 heteroatoms. The number of imidazole rings is 1. The number of nitrogens with zero attached hydrogens (tertiary/aromatic N) is 3. The highest BCUT2D eigenvalue weighted by Crippen LogP contribution is 2.44. The first-order valence-electron chi connectivity index (χ1n) is 10.8. The number of para-hydroxylation sites is 2. The van der Waals surface area contributed by atoms with Gasteiger partial charge in [-0.2, -0.15) is 0 Å². The molecular formula is C25H26FN3OS. The molecule has 0 saturated heterocycles. The van der Waals surface area contributed by atoms with Crippen molar-refractivity contribution in [2.75, 3.05) is 11.4 Å². The van der Waals surface area contributed by atoms with Crippen molar-refractivity contribution in [2.45, 2.75) is 52.0 Å². The van der Waals surface area contributed by atoms with Gasteiger partial charge in [0.15, 0.2) is 4.96 Å². The standard InChI is InChI=1S/C25H26FN3OS/c1-5-10-28-21-13-18(26)16(11-17(21)15(2)14-25(28,3)4)12-22-23(30)29-20-9-7-6-8-19(20)27-24(29)31-22/h6-9,11-13,15H,5,10,14H2,1-4H3/b22-12+. The minimum Gasteiger partial charge on any atom is -0.366 e. The zero-order valence-electron chi connectivity index (χ0n) is 18.3. The monoisotopic (exact) mass is 435 g/mol. The molecule has 0 fully saturated rings. The third-order valence-corrected chi connectivity index (χ3v) is 7.35. The molecule has 160 valence electrons. The summed E-state index contributed by atoms with van der Waals surface area (Å²) in [5.41, 5.74) is 4.03. The molecule has 5 rings (SSSR count). The Hall–Kier alpha value is -2.73. The Labute approximate surface area is 184 Å². The van der Waals surface area contributed by atoms with Crippen molar-refractivity contribution < 1.29 is 4.39 Å². The minimum absolute atomic E-state index is 0.0115. The zero-order valence-corrected chi connectivity index (χ0v) is 19.1. The van der Waals surface area contributed by atoms with Crippen molar-refractivity contribution >= 4 is 39.1 Å². The van der Waals surface area contributed by atoms with Crippen LogP contribution < -0.4 is 15.0 Å². The maximum atomic E-state index is 15.2. The maximum Gasteiger partial charge on any atom is 0.274 e. The summed E-state index contributed by atoms with van der Waals surface area (Å²) < 4.78 is 17.4. The number of benzene rings is 2. The largest absolute Gasteiger partial charge is 0.366 e. The highest BCUT2D eigenvalue weighted by atomic mass is 32.1. The number of rotatable bonds is 3. The van der Waals surface area contributed by atoms with Crippen LogP contribution in [0.25, 0.3) is 22.1 Å². The van der Waals surface area contributed by atoms with Gasteiger partial charge in [0.05, 0.1) is 15.6 Å². The molecule has 4 aromatic rings. The molecule has 1 aliphatic rings. The van der Waals surface area contributed by atoms with Crippen molar-refractivity contribution in [2.24, 2.45) is 0 Å². The molecule has 4 nitrogen and oxygen atoms in total. The van der Waals surface area contributed by atoms with E-state index < -0.39 is 0 Å². The zero-order chi connectivity index (χ0) is 21.9. The second-order valence-electron chi connectivity index (χ2n) is 9.14. The van der Waals surface area contributed by atoms with Crippen LogP contribution in [-0.2, 0) is 0 Å². The van der Waals surface area contributed by atoms with E-state index >= 15 is 4.39 Å². The summed E-state index contributed by atoms with van der Waals surface area (Å²) in [5, 5.41) is 0. The normalized spacial score (nSPS) is 18.8. The fourth-order valence-corrected chi connectivity index (χ4v) is 6.01. The molecule has 0 bridgehead atoms. The highest BCUT2D eigenvalue weighted by Gasteiger charge is 2.36. The third kappa shape index (κ3) is 3.16. The number of anilines is 1. The Bertz CT molecular complexity index is 1420. The molecule has 0 radical (unpaired) electrons. The molecule has 0 amide bonds. The predicted octanol–water partition coefficient (Wildman–Crippen LogP) is 5.10. The lowest BCUT2D eigenvalue weighted by atomic mass is 9.79. The molecule has 1 unspecified atom stereocenters. The summed E-state index contributed by atoms with van der Waals surface area (Å²) in [7, 11) is 0. The molecule has 3 heterocycles. The van der Waals surface area contributed by atoms with Gasteiger partial charge in [-0.15, -0.1) is 0 Å². The van der Waals surface area contributed by atoms with Crippen LogP contribution in [0.1, 0.15) is 57.6 Å². The van der Waals surface area contributed by atoms with Crippen LogP contribution in [0.5, 0.6) is 0 Å². The summed E-state index contributed by atoms with van der Waals surface area (Å²) in [6, 6.07) is 11.2. The number of hydrogen-bond donors (Lipinski definition) is 0. The van der Waals surface area contributed by atoms with Gasteiger partial charge in [-0.3, -0.25) is 4.79 Å². The van der Waals surface area contributed by atoms with Crippen molar-refractivity contribution in [3.8, 4) is 0 Å². The fraction of sp³-hybridized carbons (Fsp3) is 0.360. The van der Waals surface area contributed by atoms with Gasteiger partial charge >= 0.3 is 0 Å². The van der Waals surface area contributed by atoms with E-state index in [1.165, 1.54) is 11.3 Å².